The van der Waals surface area contributed by atoms with Gasteiger partial charge in [0.05, 0.1) is 18.9 Å². The van der Waals surface area contributed by atoms with Crippen molar-refractivity contribution >= 4 is 5.91 Å². The lowest BCUT2D eigenvalue weighted by molar-refractivity contribution is -0.126. The second-order valence-corrected chi connectivity index (χ2v) is 11.4. The fourth-order valence-corrected chi connectivity index (χ4v) is 6.66. The quantitative estimate of drug-likeness (QED) is 0.130. The molecule has 7 unspecified atom stereocenters. The van der Waals surface area contributed by atoms with E-state index in [4.69, 9.17) is 5.11 Å². The van der Waals surface area contributed by atoms with E-state index in [9.17, 15) is 4.79 Å². The van der Waals surface area contributed by atoms with Crippen LogP contribution in [0.5, 0.6) is 0 Å². The van der Waals surface area contributed by atoms with Gasteiger partial charge in [-0.1, -0.05) is 19.8 Å². The first-order chi connectivity index (χ1) is 18.2. The molecule has 3 heterocycles. The molecule has 11 nitrogen and oxygen atoms in total. The highest BCUT2D eigenvalue weighted by Crippen LogP contribution is 2.26. The van der Waals surface area contributed by atoms with Crippen LogP contribution < -0.4 is 42.8 Å². The number of hydrazine groups is 1. The minimum absolute atomic E-state index is 0.119. The van der Waals surface area contributed by atoms with Crippen molar-refractivity contribution in [3.63, 3.8) is 0 Å². The Morgan fingerprint density at radius 3 is 2.73 bits per heavy atom. The van der Waals surface area contributed by atoms with Crippen molar-refractivity contribution in [2.75, 3.05) is 65.6 Å². The summed E-state index contributed by atoms with van der Waals surface area (Å²) in [7, 11) is 0. The third-order valence-electron chi connectivity index (χ3n) is 8.97. The van der Waals surface area contributed by atoms with Gasteiger partial charge in [-0.25, -0.2) is 10.9 Å². The molecule has 0 aromatic heterocycles. The number of carbonyl (C=O) groups excluding carboxylic acids is 1. The van der Waals surface area contributed by atoms with E-state index in [0.29, 0.717) is 30.5 Å². The fraction of sp³-hybridized carbons (Fsp3) is 0.962. The summed E-state index contributed by atoms with van der Waals surface area (Å²) in [6, 6.07) is 0.755. The van der Waals surface area contributed by atoms with Crippen LogP contribution in [0.25, 0.3) is 0 Å². The van der Waals surface area contributed by atoms with Crippen molar-refractivity contribution in [1.29, 1.82) is 0 Å². The predicted octanol–water partition coefficient (Wildman–Crippen LogP) is -1.56. The largest absolute Gasteiger partial charge is 0.395 e. The fourth-order valence-electron chi connectivity index (χ4n) is 6.66. The Balaban J connectivity index is 1.23. The Hall–Kier alpha value is -0.890. The van der Waals surface area contributed by atoms with Gasteiger partial charge in [-0.2, -0.15) is 0 Å². The van der Waals surface area contributed by atoms with Crippen LogP contribution in [-0.4, -0.2) is 106 Å². The molecule has 0 aromatic carbocycles. The lowest BCUT2D eigenvalue weighted by Crippen LogP contribution is -2.59. The first-order valence-corrected chi connectivity index (χ1v) is 14.9. The summed E-state index contributed by atoms with van der Waals surface area (Å²) in [5.41, 5.74) is 7.06. The van der Waals surface area contributed by atoms with Crippen LogP contribution in [0, 0.1) is 17.8 Å². The first kappa shape index (κ1) is 29.1. The normalized spacial score (nSPS) is 35.5. The molecule has 1 aliphatic carbocycles. The van der Waals surface area contributed by atoms with Crippen molar-refractivity contribution in [2.24, 2.45) is 17.8 Å². The van der Waals surface area contributed by atoms with E-state index >= 15 is 0 Å². The third kappa shape index (κ3) is 8.55. The topological polar surface area (TPSA) is 137 Å². The maximum atomic E-state index is 13.1. The van der Waals surface area contributed by atoms with E-state index in [-0.39, 0.29) is 30.8 Å². The van der Waals surface area contributed by atoms with E-state index in [1.54, 1.807) is 0 Å². The molecule has 11 heteroatoms. The molecule has 4 fully saturated rings. The molecule has 1 saturated carbocycles. The third-order valence-corrected chi connectivity index (χ3v) is 8.97. The summed E-state index contributed by atoms with van der Waals surface area (Å²) < 4.78 is 0. The van der Waals surface area contributed by atoms with Gasteiger partial charge in [0.2, 0.25) is 5.91 Å². The second kappa shape index (κ2) is 15.6. The smallest absolute Gasteiger partial charge is 0.223 e. The number of nitrogens with zero attached hydrogens (tertiary/aromatic N) is 1. The summed E-state index contributed by atoms with van der Waals surface area (Å²) in [6.07, 6.45) is 7.98. The number of carbonyl (C=O) groups is 1. The minimum atomic E-state index is 0.119. The van der Waals surface area contributed by atoms with E-state index in [1.165, 1.54) is 6.42 Å². The number of aliphatic hydroxyl groups is 1. The summed E-state index contributed by atoms with van der Waals surface area (Å²) >= 11 is 0. The number of aliphatic hydroxyl groups excluding tert-OH is 1. The van der Waals surface area contributed by atoms with Gasteiger partial charge >= 0.3 is 0 Å². The standard InChI is InChI=1S/C26H53N9O2/c1-2-19-15-28-8-6-21(19)16-31-26(37)20-4-3-5-22(14-20)30-17-24-33-34-25(23-7-9-29-18-32-23)35(24)12-10-27-11-13-36/h19-25,27-30,32-34,36H,2-18H2,1H3,(H,31,37). The van der Waals surface area contributed by atoms with Crippen molar-refractivity contribution in [2.45, 2.75) is 76.3 Å². The van der Waals surface area contributed by atoms with Crippen LogP contribution in [0.3, 0.4) is 0 Å². The Morgan fingerprint density at radius 2 is 1.92 bits per heavy atom. The highest BCUT2D eigenvalue weighted by atomic mass is 16.3. The highest BCUT2D eigenvalue weighted by molar-refractivity contribution is 5.78. The van der Waals surface area contributed by atoms with Crippen molar-refractivity contribution in [3.05, 3.63) is 0 Å². The minimum Gasteiger partial charge on any atom is -0.395 e. The number of nitrogens with one attached hydrogen (secondary N) is 8. The zero-order chi connectivity index (χ0) is 25.9. The maximum absolute atomic E-state index is 13.1. The number of piperidine rings is 1. The van der Waals surface area contributed by atoms with Crippen LogP contribution in [0.15, 0.2) is 0 Å². The molecule has 37 heavy (non-hydrogen) atoms. The van der Waals surface area contributed by atoms with E-state index < -0.39 is 0 Å². The van der Waals surface area contributed by atoms with Gasteiger partial charge in [0.1, 0.15) is 0 Å². The highest BCUT2D eigenvalue weighted by Gasteiger charge is 2.38. The Kier molecular flexibility index (Phi) is 12.3. The average molecular weight is 524 g/mol. The Morgan fingerprint density at radius 1 is 1.03 bits per heavy atom. The van der Waals surface area contributed by atoms with Crippen LogP contribution in [0.1, 0.15) is 51.9 Å². The predicted molar refractivity (Wildman–Crippen MR) is 146 cm³/mol. The molecule has 7 atom stereocenters. The molecule has 4 aliphatic rings. The molecule has 0 spiro atoms. The molecule has 3 aliphatic heterocycles. The van der Waals surface area contributed by atoms with Gasteiger partial charge in [0.15, 0.2) is 0 Å². The average Bonchev–Trinajstić information content (AvgIpc) is 3.36. The van der Waals surface area contributed by atoms with Crippen LogP contribution >= 0.6 is 0 Å². The summed E-state index contributed by atoms with van der Waals surface area (Å²) in [6.45, 7) is 10.5. The molecule has 0 radical (unpaired) electrons. The molecular weight excluding hydrogens is 470 g/mol. The lowest BCUT2D eigenvalue weighted by atomic mass is 9.83. The van der Waals surface area contributed by atoms with Gasteiger partial charge in [0, 0.05) is 57.4 Å². The molecule has 0 bridgehead atoms. The SMILES string of the molecule is CCC1CNCCC1CNC(=O)C1CCCC(NCC2NNC(C3CCNCN3)N2CCNCCO)C1. The molecule has 3 saturated heterocycles. The maximum Gasteiger partial charge on any atom is 0.223 e. The Bertz CT molecular complexity index is 666. The van der Waals surface area contributed by atoms with Gasteiger partial charge in [-0.15, -0.1) is 0 Å². The zero-order valence-corrected chi connectivity index (χ0v) is 22.9. The van der Waals surface area contributed by atoms with Gasteiger partial charge in [-0.3, -0.25) is 15.0 Å². The van der Waals surface area contributed by atoms with Gasteiger partial charge < -0.3 is 31.7 Å². The molecule has 214 valence electrons. The monoisotopic (exact) mass is 523 g/mol. The van der Waals surface area contributed by atoms with Crippen LogP contribution in [0.4, 0.5) is 0 Å². The summed E-state index contributed by atoms with van der Waals surface area (Å²) in [5, 5.41) is 30.0. The number of hydrogen-bond donors (Lipinski definition) is 9. The molecule has 1 amide bonds. The summed E-state index contributed by atoms with van der Waals surface area (Å²) in [5.74, 6) is 1.66. The molecular formula is C26H53N9O2. The van der Waals surface area contributed by atoms with Crippen LogP contribution in [0.2, 0.25) is 0 Å². The molecule has 4 rings (SSSR count). The summed E-state index contributed by atoms with van der Waals surface area (Å²) in [4.78, 5) is 15.6. The Labute approximate surface area is 223 Å². The van der Waals surface area contributed by atoms with Crippen molar-refractivity contribution in [1.82, 2.24) is 47.7 Å². The number of hydrogen-bond acceptors (Lipinski definition) is 10. The van der Waals surface area contributed by atoms with E-state index in [2.05, 4.69) is 54.6 Å². The number of amides is 1. The molecule has 9 N–H and O–H groups in total. The zero-order valence-electron chi connectivity index (χ0n) is 22.9. The van der Waals surface area contributed by atoms with E-state index in [0.717, 1.165) is 91.0 Å². The first-order valence-electron chi connectivity index (χ1n) is 14.9. The van der Waals surface area contributed by atoms with Gasteiger partial charge in [0.25, 0.3) is 0 Å². The second-order valence-electron chi connectivity index (χ2n) is 11.4. The molecule has 0 aromatic rings. The van der Waals surface area contributed by atoms with Gasteiger partial charge in [-0.05, 0) is 63.6 Å². The van der Waals surface area contributed by atoms with Crippen molar-refractivity contribution < 1.29 is 9.90 Å². The lowest BCUT2D eigenvalue weighted by Gasteiger charge is -2.37. The number of rotatable bonds is 13. The van der Waals surface area contributed by atoms with Crippen LogP contribution in [-0.2, 0) is 4.79 Å². The van der Waals surface area contributed by atoms with Crippen molar-refractivity contribution in [3.8, 4) is 0 Å². The van der Waals surface area contributed by atoms with E-state index in [1.807, 2.05) is 0 Å².